The molecule has 4 nitrogen and oxygen atoms in total. The molecule has 0 atom stereocenters. The van der Waals surface area contributed by atoms with Crippen LogP contribution in [0.5, 0.6) is 0 Å². The fraction of sp³-hybridized carbons (Fsp3) is 0.846. The molecular formula is C13H23N3OS. The molecule has 0 amide bonds. The summed E-state index contributed by atoms with van der Waals surface area (Å²) in [6.45, 7) is 2.73. The Bertz CT molecular complexity index is 359. The van der Waals surface area contributed by atoms with Gasteiger partial charge in [0.05, 0.1) is 5.60 Å². The predicted octanol–water partition coefficient (Wildman–Crippen LogP) is 2.99. The van der Waals surface area contributed by atoms with E-state index in [9.17, 15) is 5.11 Å². The summed E-state index contributed by atoms with van der Waals surface area (Å²) in [4.78, 5) is 4.42. The molecule has 1 aliphatic carbocycles. The van der Waals surface area contributed by atoms with E-state index in [0.717, 1.165) is 49.5 Å². The summed E-state index contributed by atoms with van der Waals surface area (Å²) in [5.74, 6) is 0.915. The van der Waals surface area contributed by atoms with Crippen LogP contribution in [0.2, 0.25) is 0 Å². The Kier molecular flexibility index (Phi) is 4.95. The third-order valence-electron chi connectivity index (χ3n) is 3.54. The first kappa shape index (κ1) is 13.7. The Morgan fingerprint density at radius 1 is 1.28 bits per heavy atom. The number of hydrogen-bond donors (Lipinski definition) is 2. The number of nitrogens with one attached hydrogen (secondary N) is 1. The standard InChI is InChI=1S/C13H23N3OS/c1-2-7-11-15-12(18-16-11)14-10-13(17)8-5-3-4-6-9-13/h17H,2-10H2,1H3,(H,14,15,16). The van der Waals surface area contributed by atoms with E-state index >= 15 is 0 Å². The van der Waals surface area contributed by atoms with Gasteiger partial charge in [0.2, 0.25) is 5.13 Å². The Balaban J connectivity index is 1.85. The molecule has 5 heteroatoms. The summed E-state index contributed by atoms with van der Waals surface area (Å²) in [6, 6.07) is 0. The topological polar surface area (TPSA) is 58.0 Å². The second kappa shape index (κ2) is 6.48. The van der Waals surface area contributed by atoms with Gasteiger partial charge >= 0.3 is 0 Å². The number of anilines is 1. The maximum atomic E-state index is 10.5. The molecule has 1 fully saturated rings. The fourth-order valence-electron chi connectivity index (χ4n) is 2.45. The molecule has 1 heterocycles. The van der Waals surface area contributed by atoms with Crippen LogP contribution < -0.4 is 5.32 Å². The maximum absolute atomic E-state index is 10.5. The van der Waals surface area contributed by atoms with Crippen molar-refractivity contribution in [2.24, 2.45) is 0 Å². The molecule has 0 spiro atoms. The molecule has 0 bridgehead atoms. The number of hydrogen-bond acceptors (Lipinski definition) is 5. The molecule has 0 aliphatic heterocycles. The van der Waals surface area contributed by atoms with E-state index in [1.807, 2.05) is 0 Å². The van der Waals surface area contributed by atoms with Gasteiger partial charge in [-0.2, -0.15) is 4.37 Å². The van der Waals surface area contributed by atoms with E-state index in [2.05, 4.69) is 21.6 Å². The van der Waals surface area contributed by atoms with Gasteiger partial charge < -0.3 is 10.4 Å². The van der Waals surface area contributed by atoms with Crippen molar-refractivity contribution in [1.82, 2.24) is 9.36 Å². The van der Waals surface area contributed by atoms with E-state index in [4.69, 9.17) is 0 Å². The van der Waals surface area contributed by atoms with Crippen LogP contribution in [-0.4, -0.2) is 26.6 Å². The van der Waals surface area contributed by atoms with E-state index < -0.39 is 5.60 Å². The smallest absolute Gasteiger partial charge is 0.202 e. The zero-order valence-electron chi connectivity index (χ0n) is 11.1. The molecule has 0 unspecified atom stereocenters. The molecule has 1 saturated carbocycles. The quantitative estimate of drug-likeness (QED) is 0.807. The Morgan fingerprint density at radius 3 is 2.67 bits per heavy atom. The van der Waals surface area contributed by atoms with Gasteiger partial charge in [-0.1, -0.05) is 32.6 Å². The van der Waals surface area contributed by atoms with Crippen LogP contribution in [0.1, 0.15) is 57.7 Å². The molecule has 0 radical (unpaired) electrons. The normalized spacial score (nSPS) is 19.4. The first-order valence-electron chi connectivity index (χ1n) is 7.01. The van der Waals surface area contributed by atoms with Gasteiger partial charge in [0.25, 0.3) is 0 Å². The Hall–Kier alpha value is -0.680. The average molecular weight is 269 g/mol. The molecule has 0 saturated heterocycles. The monoisotopic (exact) mass is 269 g/mol. The number of aliphatic hydroxyl groups is 1. The highest BCUT2D eigenvalue weighted by molar-refractivity contribution is 7.09. The van der Waals surface area contributed by atoms with Crippen LogP contribution in [-0.2, 0) is 6.42 Å². The molecule has 2 N–H and O–H groups in total. The number of rotatable bonds is 5. The second-order valence-corrected chi connectivity index (χ2v) is 6.01. The summed E-state index contributed by atoms with van der Waals surface area (Å²) >= 11 is 1.40. The number of nitrogens with zero attached hydrogens (tertiary/aromatic N) is 2. The van der Waals surface area contributed by atoms with Gasteiger partial charge in [-0.05, 0) is 19.3 Å². The summed E-state index contributed by atoms with van der Waals surface area (Å²) in [5, 5.41) is 14.6. The van der Waals surface area contributed by atoms with E-state index in [-0.39, 0.29) is 0 Å². The van der Waals surface area contributed by atoms with Gasteiger partial charge in [0.1, 0.15) is 5.82 Å². The zero-order chi connectivity index (χ0) is 12.8. The molecular weight excluding hydrogens is 246 g/mol. The Morgan fingerprint density at radius 2 is 2.00 bits per heavy atom. The second-order valence-electron chi connectivity index (χ2n) is 5.26. The first-order valence-corrected chi connectivity index (χ1v) is 7.78. The molecule has 18 heavy (non-hydrogen) atoms. The van der Waals surface area contributed by atoms with E-state index in [1.165, 1.54) is 24.4 Å². The highest BCUT2D eigenvalue weighted by Gasteiger charge is 2.27. The highest BCUT2D eigenvalue weighted by atomic mass is 32.1. The lowest BCUT2D eigenvalue weighted by atomic mass is 9.95. The number of aryl methyl sites for hydroxylation is 1. The van der Waals surface area contributed by atoms with Crippen LogP contribution in [0.25, 0.3) is 0 Å². The summed E-state index contributed by atoms with van der Waals surface area (Å²) in [5.41, 5.74) is -0.549. The van der Waals surface area contributed by atoms with Crippen molar-refractivity contribution in [3.05, 3.63) is 5.82 Å². The minimum atomic E-state index is -0.549. The molecule has 1 aromatic heterocycles. The Labute approximate surface area is 113 Å². The average Bonchev–Trinajstić information content (AvgIpc) is 2.69. The largest absolute Gasteiger partial charge is 0.388 e. The molecule has 102 valence electrons. The lowest BCUT2D eigenvalue weighted by Crippen LogP contribution is -2.36. The van der Waals surface area contributed by atoms with Crippen molar-refractivity contribution in [2.75, 3.05) is 11.9 Å². The molecule has 0 aromatic carbocycles. The van der Waals surface area contributed by atoms with Crippen LogP contribution >= 0.6 is 11.5 Å². The van der Waals surface area contributed by atoms with Gasteiger partial charge in [-0.3, -0.25) is 0 Å². The van der Waals surface area contributed by atoms with Crippen molar-refractivity contribution in [1.29, 1.82) is 0 Å². The summed E-state index contributed by atoms with van der Waals surface area (Å²) < 4.78 is 4.30. The molecule has 1 aliphatic rings. The van der Waals surface area contributed by atoms with Crippen molar-refractivity contribution >= 4 is 16.7 Å². The minimum absolute atomic E-state index is 0.549. The van der Waals surface area contributed by atoms with Gasteiger partial charge in [0, 0.05) is 24.5 Å². The highest BCUT2D eigenvalue weighted by Crippen LogP contribution is 2.27. The van der Waals surface area contributed by atoms with Crippen molar-refractivity contribution < 1.29 is 5.11 Å². The van der Waals surface area contributed by atoms with Crippen molar-refractivity contribution in [3.8, 4) is 0 Å². The van der Waals surface area contributed by atoms with Crippen LogP contribution in [0, 0.1) is 0 Å². The van der Waals surface area contributed by atoms with E-state index in [1.54, 1.807) is 0 Å². The van der Waals surface area contributed by atoms with Crippen molar-refractivity contribution in [3.63, 3.8) is 0 Å². The van der Waals surface area contributed by atoms with Gasteiger partial charge in [-0.15, -0.1) is 0 Å². The zero-order valence-corrected chi connectivity index (χ0v) is 11.9. The molecule has 2 rings (SSSR count). The van der Waals surface area contributed by atoms with Crippen LogP contribution in [0.4, 0.5) is 5.13 Å². The van der Waals surface area contributed by atoms with E-state index in [0.29, 0.717) is 6.54 Å². The first-order chi connectivity index (χ1) is 8.72. The van der Waals surface area contributed by atoms with Crippen LogP contribution in [0.3, 0.4) is 0 Å². The lowest BCUT2D eigenvalue weighted by molar-refractivity contribution is 0.0381. The van der Waals surface area contributed by atoms with Crippen molar-refractivity contribution in [2.45, 2.75) is 63.9 Å². The van der Waals surface area contributed by atoms with Gasteiger partial charge in [0.15, 0.2) is 0 Å². The fourth-order valence-corrected chi connectivity index (χ4v) is 3.06. The maximum Gasteiger partial charge on any atom is 0.202 e. The van der Waals surface area contributed by atoms with Gasteiger partial charge in [-0.25, -0.2) is 4.98 Å². The van der Waals surface area contributed by atoms with Crippen LogP contribution in [0.15, 0.2) is 0 Å². The lowest BCUT2D eigenvalue weighted by Gasteiger charge is -2.26. The SMILES string of the molecule is CCCc1nsc(NCC2(O)CCCCCC2)n1. The third-order valence-corrected chi connectivity index (χ3v) is 4.26. The predicted molar refractivity (Wildman–Crippen MR) is 75.0 cm³/mol. The minimum Gasteiger partial charge on any atom is -0.388 e. The third kappa shape index (κ3) is 3.92. The molecule has 1 aromatic rings. The summed E-state index contributed by atoms with van der Waals surface area (Å²) in [7, 11) is 0. The number of aromatic nitrogens is 2. The summed E-state index contributed by atoms with van der Waals surface area (Å²) in [6.07, 6.45) is 8.58.